The predicted molar refractivity (Wildman–Crippen MR) is 35.1 cm³/mol. The van der Waals surface area contributed by atoms with Crippen LogP contribution < -0.4 is 0 Å². The summed E-state index contributed by atoms with van der Waals surface area (Å²) >= 11 is 0. The zero-order chi connectivity index (χ0) is 0. The van der Waals surface area contributed by atoms with Crippen molar-refractivity contribution in [2.75, 3.05) is 0 Å². The normalized spacial score (nSPS) is 0. The van der Waals surface area contributed by atoms with Crippen molar-refractivity contribution >= 4 is 0 Å². The minimum Gasteiger partial charge on any atom is -0.412 e. The quantitative estimate of drug-likeness (QED) is 0.320. The Bertz CT molecular complexity index is 6.49. The van der Waals surface area contributed by atoms with Crippen molar-refractivity contribution < 1.29 is 32.9 Å². The van der Waals surface area contributed by atoms with Crippen LogP contribution in [-0.2, 0) is 0 Å². The molecule has 0 heterocycles. The van der Waals surface area contributed by atoms with Crippen molar-refractivity contribution in [3.8, 4) is 0 Å². The van der Waals surface area contributed by atoms with Gasteiger partial charge in [0, 0.05) is 0 Å². The molecule has 8 heavy (non-hydrogen) atoms. The van der Waals surface area contributed by atoms with E-state index in [2.05, 4.69) is 0 Å². The zero-order valence-electron chi connectivity index (χ0n) is 3.00. The SMILES string of the molecule is C.C.O.O.O.O.O.O. The molecule has 0 saturated carbocycles. The van der Waals surface area contributed by atoms with E-state index < -0.39 is 0 Å². The Hall–Kier alpha value is -0.240. The Morgan fingerprint density at radius 2 is 0.250 bits per heavy atom. The standard InChI is InChI=1S/2CH4.6H2O/h2*1H4;6*1H2. The van der Waals surface area contributed by atoms with Crippen LogP contribution in [0.4, 0.5) is 0 Å². The van der Waals surface area contributed by atoms with E-state index in [-0.39, 0.29) is 47.7 Å². The second-order valence-corrected chi connectivity index (χ2v) is 0. The summed E-state index contributed by atoms with van der Waals surface area (Å²) in [5.74, 6) is 0. The highest BCUT2D eigenvalue weighted by Crippen LogP contribution is 0.145. The maximum Gasteiger partial charge on any atom is -0.0776 e. The highest BCUT2D eigenvalue weighted by atomic mass is 16.0. The van der Waals surface area contributed by atoms with Gasteiger partial charge in [-0.15, -0.1) is 0 Å². The second kappa shape index (κ2) is 3890. The fourth-order valence-corrected chi connectivity index (χ4v) is 0. The van der Waals surface area contributed by atoms with Gasteiger partial charge in [-0.1, -0.05) is 14.9 Å². The molecule has 0 radical (unpaired) electrons. The maximum absolute atomic E-state index is 0. The topological polar surface area (TPSA) is 189 Å². The lowest BCUT2D eigenvalue weighted by Crippen LogP contribution is -0.290. The first-order chi connectivity index (χ1) is 0. The summed E-state index contributed by atoms with van der Waals surface area (Å²) in [5, 5.41) is 0. The predicted octanol–water partition coefficient (Wildman–Crippen LogP) is -3.68. The summed E-state index contributed by atoms with van der Waals surface area (Å²) in [6.45, 7) is 0. The summed E-state index contributed by atoms with van der Waals surface area (Å²) in [6, 6.07) is 0. The van der Waals surface area contributed by atoms with Gasteiger partial charge in [0.1, 0.15) is 0 Å². The van der Waals surface area contributed by atoms with E-state index in [1.54, 1.807) is 0 Å². The minimum atomic E-state index is 0. The molecule has 0 aromatic carbocycles. The van der Waals surface area contributed by atoms with Gasteiger partial charge in [-0.05, 0) is 0 Å². The molecule has 64 valence electrons. The molecule has 0 bridgehead atoms. The lowest BCUT2D eigenvalue weighted by Gasteiger charge is -0.413. The van der Waals surface area contributed by atoms with Crippen molar-refractivity contribution in [1.82, 2.24) is 0 Å². The Balaban J connectivity index is 0. The highest BCUT2D eigenvalue weighted by molar-refractivity contribution is 2.50. The lowest BCUT2D eigenvalue weighted by molar-refractivity contribution is 0.823. The Labute approximate surface area is 49.0 Å². The molecule has 0 aliphatic heterocycles. The van der Waals surface area contributed by atoms with Crippen LogP contribution in [0.15, 0.2) is 0 Å². The molecule has 0 saturated heterocycles. The van der Waals surface area contributed by atoms with Crippen LogP contribution in [0.1, 0.15) is 14.9 Å². The molecule has 0 aromatic heterocycles. The number of hydrogen-bond acceptors (Lipinski definition) is 0. The van der Waals surface area contributed by atoms with E-state index >= 15 is 0 Å². The summed E-state index contributed by atoms with van der Waals surface area (Å²) in [4.78, 5) is 0. The molecular formula is C2H20O6. The molecule has 0 unspecified atom stereocenters. The fraction of sp³-hybridized carbons (Fsp3) is 1.00. The van der Waals surface area contributed by atoms with Gasteiger partial charge < -0.3 is 32.9 Å². The molecule has 0 aliphatic rings. The molecule has 0 amide bonds. The Morgan fingerprint density at radius 3 is 0.250 bits per heavy atom. The largest absolute Gasteiger partial charge is 0.412 e. The number of rotatable bonds is 0. The average molecular weight is 140 g/mol. The van der Waals surface area contributed by atoms with Crippen LogP contribution in [0.25, 0.3) is 0 Å². The van der Waals surface area contributed by atoms with Crippen LogP contribution in [-0.4, -0.2) is 32.9 Å². The fourth-order valence-electron chi connectivity index (χ4n) is 0. The third-order valence-electron chi connectivity index (χ3n) is 0. The van der Waals surface area contributed by atoms with Gasteiger partial charge in [0.15, 0.2) is 0 Å². The van der Waals surface area contributed by atoms with Gasteiger partial charge in [-0.2, -0.15) is 0 Å². The van der Waals surface area contributed by atoms with Gasteiger partial charge in [-0.25, -0.2) is 0 Å². The molecule has 12 N–H and O–H groups in total. The van der Waals surface area contributed by atoms with E-state index in [0.717, 1.165) is 0 Å². The maximum atomic E-state index is 0. The molecule has 6 nitrogen and oxygen atoms in total. The van der Waals surface area contributed by atoms with Crippen LogP contribution in [0.5, 0.6) is 0 Å². The first-order valence-electron chi connectivity index (χ1n) is 0. The van der Waals surface area contributed by atoms with Gasteiger partial charge in [0.2, 0.25) is 0 Å². The van der Waals surface area contributed by atoms with Gasteiger partial charge in [0.25, 0.3) is 0 Å². The molecule has 0 fully saturated rings. The zero-order valence-corrected chi connectivity index (χ0v) is 3.00. The van der Waals surface area contributed by atoms with Gasteiger partial charge in [0.05, 0.1) is 0 Å². The smallest absolute Gasteiger partial charge is 0.0776 e. The molecule has 0 aromatic rings. The van der Waals surface area contributed by atoms with Crippen LogP contribution in [0, 0.1) is 0 Å². The monoisotopic (exact) mass is 140 g/mol. The van der Waals surface area contributed by atoms with E-state index in [9.17, 15) is 0 Å². The third kappa shape index (κ3) is 2270. The minimum absolute atomic E-state index is 0. The van der Waals surface area contributed by atoms with Crippen LogP contribution in [0.3, 0.4) is 0 Å². The first kappa shape index (κ1) is 6160. The summed E-state index contributed by atoms with van der Waals surface area (Å²) < 4.78 is 0. The first-order valence-corrected chi connectivity index (χ1v) is 0. The second-order valence-electron chi connectivity index (χ2n) is 0. The summed E-state index contributed by atoms with van der Waals surface area (Å²) in [5.41, 5.74) is 0. The molecule has 0 rings (SSSR count). The highest BCUT2D eigenvalue weighted by Gasteiger charge is -0.0765. The number of hydrogen-bond donors (Lipinski definition) is 0. The summed E-state index contributed by atoms with van der Waals surface area (Å²) in [6.07, 6.45) is 0. The third-order valence-corrected chi connectivity index (χ3v) is 0. The van der Waals surface area contributed by atoms with Gasteiger partial charge >= 0.3 is 0 Å². The van der Waals surface area contributed by atoms with Crippen molar-refractivity contribution in [3.05, 3.63) is 0 Å². The van der Waals surface area contributed by atoms with Crippen LogP contribution in [0.2, 0.25) is 0 Å². The molecule has 0 spiro atoms. The van der Waals surface area contributed by atoms with Gasteiger partial charge in [-0.3, -0.25) is 0 Å². The molecule has 0 atom stereocenters. The Morgan fingerprint density at radius 1 is 0.250 bits per heavy atom. The van der Waals surface area contributed by atoms with E-state index in [1.165, 1.54) is 0 Å². The van der Waals surface area contributed by atoms with Crippen LogP contribution >= 0.6 is 0 Å². The van der Waals surface area contributed by atoms with E-state index in [1.807, 2.05) is 0 Å². The Kier molecular flexibility index (Phi) is 3000000. The van der Waals surface area contributed by atoms with Crippen molar-refractivity contribution in [2.45, 2.75) is 14.9 Å². The average Bonchev–Trinajstić information content (AvgIpc) is 0. The van der Waals surface area contributed by atoms with Crippen molar-refractivity contribution in [1.29, 1.82) is 0 Å². The van der Waals surface area contributed by atoms with Crippen molar-refractivity contribution in [2.24, 2.45) is 0 Å². The van der Waals surface area contributed by atoms with E-state index in [0.29, 0.717) is 0 Å². The molecular weight excluding hydrogens is 120 g/mol. The van der Waals surface area contributed by atoms with Crippen molar-refractivity contribution in [3.63, 3.8) is 0 Å². The molecule has 0 aliphatic carbocycles. The van der Waals surface area contributed by atoms with E-state index in [4.69, 9.17) is 0 Å². The lowest BCUT2D eigenvalue weighted by atomic mass is 12.0. The summed E-state index contributed by atoms with van der Waals surface area (Å²) in [7, 11) is 0. The molecule has 6 heteroatoms.